The van der Waals surface area contributed by atoms with Gasteiger partial charge in [0.2, 0.25) is 5.82 Å². The third kappa shape index (κ3) is 1.86. The highest BCUT2D eigenvalue weighted by Crippen LogP contribution is 2.26. The second-order valence-corrected chi connectivity index (χ2v) is 4.45. The highest BCUT2D eigenvalue weighted by molar-refractivity contribution is 7.08. The third-order valence-electron chi connectivity index (χ3n) is 2.43. The van der Waals surface area contributed by atoms with Crippen molar-refractivity contribution in [2.24, 2.45) is 0 Å². The molecule has 3 aromatic rings. The molecule has 0 aliphatic rings. The first kappa shape index (κ1) is 10.9. The lowest BCUT2D eigenvalue weighted by Crippen LogP contribution is -1.89. The molecule has 0 radical (unpaired) electrons. The Morgan fingerprint density at radius 1 is 1.28 bits per heavy atom. The van der Waals surface area contributed by atoms with Crippen LogP contribution >= 0.6 is 11.3 Å². The second-order valence-electron chi connectivity index (χ2n) is 3.67. The molecular formula is C12H8FN3OS. The molecule has 0 aliphatic carbocycles. The molecule has 0 aliphatic heterocycles. The van der Waals surface area contributed by atoms with E-state index >= 15 is 0 Å². The van der Waals surface area contributed by atoms with E-state index in [4.69, 9.17) is 10.3 Å². The molecule has 0 atom stereocenters. The Kier molecular flexibility index (Phi) is 2.56. The van der Waals surface area contributed by atoms with Crippen LogP contribution in [0.2, 0.25) is 0 Å². The van der Waals surface area contributed by atoms with E-state index in [0.717, 1.165) is 5.56 Å². The van der Waals surface area contributed by atoms with Gasteiger partial charge in [-0.15, -0.1) is 0 Å². The van der Waals surface area contributed by atoms with E-state index in [-0.39, 0.29) is 11.5 Å². The fourth-order valence-corrected chi connectivity index (χ4v) is 2.18. The number of benzene rings is 1. The van der Waals surface area contributed by atoms with Crippen molar-refractivity contribution in [3.63, 3.8) is 0 Å². The minimum atomic E-state index is -0.476. The van der Waals surface area contributed by atoms with Crippen LogP contribution in [0.3, 0.4) is 0 Å². The summed E-state index contributed by atoms with van der Waals surface area (Å²) in [5.74, 6) is 0.117. The van der Waals surface area contributed by atoms with Gasteiger partial charge in [0.25, 0.3) is 5.89 Å². The van der Waals surface area contributed by atoms with Crippen molar-refractivity contribution in [1.29, 1.82) is 0 Å². The fourth-order valence-electron chi connectivity index (χ4n) is 1.55. The van der Waals surface area contributed by atoms with Gasteiger partial charge in [-0.1, -0.05) is 5.16 Å². The van der Waals surface area contributed by atoms with Crippen LogP contribution in [0.15, 0.2) is 39.5 Å². The molecule has 0 bridgehead atoms. The number of thiophene rings is 1. The molecule has 0 spiro atoms. The minimum absolute atomic E-state index is 0.147. The first-order valence-corrected chi connectivity index (χ1v) is 6.10. The zero-order chi connectivity index (χ0) is 12.5. The quantitative estimate of drug-likeness (QED) is 0.719. The highest BCUT2D eigenvalue weighted by atomic mass is 32.1. The van der Waals surface area contributed by atoms with Crippen LogP contribution in [0.1, 0.15) is 0 Å². The number of rotatable bonds is 2. The molecule has 2 N–H and O–H groups in total. The zero-order valence-electron chi connectivity index (χ0n) is 9.13. The summed E-state index contributed by atoms with van der Waals surface area (Å²) in [4.78, 5) is 4.16. The van der Waals surface area contributed by atoms with E-state index in [2.05, 4.69) is 10.1 Å². The summed E-state index contributed by atoms with van der Waals surface area (Å²) >= 11 is 1.53. The molecule has 3 rings (SSSR count). The zero-order valence-corrected chi connectivity index (χ0v) is 9.95. The van der Waals surface area contributed by atoms with Crippen molar-refractivity contribution >= 4 is 17.0 Å². The Morgan fingerprint density at radius 2 is 2.17 bits per heavy atom. The molecule has 2 heterocycles. The van der Waals surface area contributed by atoms with E-state index in [0.29, 0.717) is 11.5 Å². The Bertz CT molecular complexity index is 678. The molecular weight excluding hydrogens is 253 g/mol. The summed E-state index contributed by atoms with van der Waals surface area (Å²) in [6.45, 7) is 0. The van der Waals surface area contributed by atoms with Crippen molar-refractivity contribution in [3.8, 4) is 22.8 Å². The third-order valence-corrected chi connectivity index (χ3v) is 3.11. The lowest BCUT2D eigenvalue weighted by atomic mass is 10.2. The summed E-state index contributed by atoms with van der Waals surface area (Å²) in [5, 5.41) is 7.63. The molecule has 90 valence electrons. The van der Waals surface area contributed by atoms with Crippen LogP contribution in [0.25, 0.3) is 22.8 Å². The first-order valence-electron chi connectivity index (χ1n) is 5.16. The van der Waals surface area contributed by atoms with Gasteiger partial charge in [-0.05, 0) is 29.6 Å². The maximum atomic E-state index is 13.7. The van der Waals surface area contributed by atoms with Gasteiger partial charge in [-0.25, -0.2) is 4.39 Å². The molecule has 6 heteroatoms. The minimum Gasteiger partial charge on any atom is -0.399 e. The number of halogens is 1. The second kappa shape index (κ2) is 4.23. The van der Waals surface area contributed by atoms with Gasteiger partial charge in [-0.2, -0.15) is 16.3 Å². The summed E-state index contributed by atoms with van der Waals surface area (Å²) < 4.78 is 18.7. The average molecular weight is 261 g/mol. The van der Waals surface area contributed by atoms with Crippen molar-refractivity contribution < 1.29 is 8.91 Å². The van der Waals surface area contributed by atoms with E-state index in [9.17, 15) is 4.39 Å². The number of hydrogen-bond donors (Lipinski definition) is 1. The average Bonchev–Trinajstić information content (AvgIpc) is 2.99. The van der Waals surface area contributed by atoms with Crippen LogP contribution < -0.4 is 5.73 Å². The van der Waals surface area contributed by atoms with E-state index < -0.39 is 5.82 Å². The number of nitrogens with two attached hydrogens (primary N) is 1. The van der Waals surface area contributed by atoms with Gasteiger partial charge in [0.15, 0.2) is 0 Å². The van der Waals surface area contributed by atoms with E-state index in [1.54, 1.807) is 6.07 Å². The van der Waals surface area contributed by atoms with Gasteiger partial charge < -0.3 is 10.3 Å². The molecule has 18 heavy (non-hydrogen) atoms. The number of nitrogens with zero attached hydrogens (tertiary/aromatic N) is 2. The largest absolute Gasteiger partial charge is 0.399 e. The van der Waals surface area contributed by atoms with Gasteiger partial charge in [-0.3, -0.25) is 0 Å². The number of anilines is 1. The van der Waals surface area contributed by atoms with Crippen LogP contribution in [0, 0.1) is 5.82 Å². The van der Waals surface area contributed by atoms with Crippen molar-refractivity contribution in [2.75, 3.05) is 5.73 Å². The van der Waals surface area contributed by atoms with Gasteiger partial charge >= 0.3 is 0 Å². The van der Waals surface area contributed by atoms with Gasteiger partial charge in [0.05, 0.1) is 5.56 Å². The molecule has 1 aromatic carbocycles. The Morgan fingerprint density at radius 3 is 2.89 bits per heavy atom. The highest BCUT2D eigenvalue weighted by Gasteiger charge is 2.14. The summed E-state index contributed by atoms with van der Waals surface area (Å²) in [7, 11) is 0. The Balaban J connectivity index is 2.03. The normalized spacial score (nSPS) is 10.7. The first-order chi connectivity index (χ1) is 8.74. The van der Waals surface area contributed by atoms with E-state index in [1.165, 1.54) is 23.5 Å². The number of hydrogen-bond acceptors (Lipinski definition) is 5. The van der Waals surface area contributed by atoms with Gasteiger partial charge in [0.1, 0.15) is 5.82 Å². The molecule has 0 saturated heterocycles. The standard InChI is InChI=1S/C12H8FN3OS/c13-10-5-8(14)1-2-9(10)12-15-11(16-17-12)7-3-4-18-6-7/h1-6H,14H2. The maximum Gasteiger partial charge on any atom is 0.261 e. The monoisotopic (exact) mass is 261 g/mol. The number of aromatic nitrogens is 2. The van der Waals surface area contributed by atoms with Crippen LogP contribution in [-0.4, -0.2) is 10.1 Å². The Labute approximate surface area is 106 Å². The fraction of sp³-hybridized carbons (Fsp3) is 0. The van der Waals surface area contributed by atoms with Crippen LogP contribution in [0.5, 0.6) is 0 Å². The van der Waals surface area contributed by atoms with Crippen molar-refractivity contribution in [3.05, 3.63) is 40.8 Å². The molecule has 2 aromatic heterocycles. The predicted octanol–water partition coefficient (Wildman–Crippen LogP) is 3.19. The lowest BCUT2D eigenvalue weighted by Gasteiger charge is -1.97. The number of nitrogen functional groups attached to an aromatic ring is 1. The van der Waals surface area contributed by atoms with Gasteiger partial charge in [0, 0.05) is 16.6 Å². The van der Waals surface area contributed by atoms with Crippen LogP contribution in [-0.2, 0) is 0 Å². The topological polar surface area (TPSA) is 64.9 Å². The summed E-state index contributed by atoms with van der Waals surface area (Å²) in [6.07, 6.45) is 0. The Hall–Kier alpha value is -2.21. The van der Waals surface area contributed by atoms with Crippen molar-refractivity contribution in [1.82, 2.24) is 10.1 Å². The SMILES string of the molecule is Nc1ccc(-c2nc(-c3ccsc3)no2)c(F)c1. The van der Waals surface area contributed by atoms with Crippen molar-refractivity contribution in [2.45, 2.75) is 0 Å². The predicted molar refractivity (Wildman–Crippen MR) is 67.4 cm³/mol. The smallest absolute Gasteiger partial charge is 0.261 e. The molecule has 4 nitrogen and oxygen atoms in total. The molecule has 0 saturated carbocycles. The summed E-state index contributed by atoms with van der Waals surface area (Å²) in [6, 6.07) is 6.21. The summed E-state index contributed by atoms with van der Waals surface area (Å²) in [5.41, 5.74) is 6.94. The maximum absolute atomic E-state index is 13.7. The molecule has 0 fully saturated rings. The molecule has 0 amide bonds. The van der Waals surface area contributed by atoms with Crippen LogP contribution in [0.4, 0.5) is 10.1 Å². The molecule has 0 unspecified atom stereocenters. The lowest BCUT2D eigenvalue weighted by molar-refractivity contribution is 0.430. The van der Waals surface area contributed by atoms with E-state index in [1.807, 2.05) is 16.8 Å².